The predicted molar refractivity (Wildman–Crippen MR) is 96.0 cm³/mol. The van der Waals surface area contributed by atoms with Crippen molar-refractivity contribution in [1.29, 1.82) is 5.26 Å². The summed E-state index contributed by atoms with van der Waals surface area (Å²) < 4.78 is 5.08. The van der Waals surface area contributed by atoms with Crippen LogP contribution in [0.3, 0.4) is 0 Å². The first-order valence-corrected chi connectivity index (χ1v) is 7.96. The largest absolute Gasteiger partial charge is 0.444 e. The van der Waals surface area contributed by atoms with E-state index in [-0.39, 0.29) is 12.1 Å². The van der Waals surface area contributed by atoms with Gasteiger partial charge in [0.2, 0.25) is 0 Å². The molecule has 7 nitrogen and oxygen atoms in total. The van der Waals surface area contributed by atoms with Gasteiger partial charge in [0.15, 0.2) is 0 Å². The average Bonchev–Trinajstić information content (AvgIpc) is 2.49. The third-order valence-corrected chi connectivity index (χ3v) is 2.87. The fourth-order valence-electron chi connectivity index (χ4n) is 1.64. The second-order valence-electron chi connectivity index (χ2n) is 6.02. The number of hydrogen-bond acceptors (Lipinski definition) is 5. The molecular formula is C17H21ClN4O3. The van der Waals surface area contributed by atoms with Gasteiger partial charge in [0.25, 0.3) is 5.91 Å². The van der Waals surface area contributed by atoms with Crippen molar-refractivity contribution < 1.29 is 14.3 Å². The highest BCUT2D eigenvalue weighted by Crippen LogP contribution is 2.15. The van der Waals surface area contributed by atoms with E-state index < -0.39 is 17.6 Å². The summed E-state index contributed by atoms with van der Waals surface area (Å²) in [6.07, 6.45) is 0.758. The van der Waals surface area contributed by atoms with Crippen molar-refractivity contribution in [1.82, 2.24) is 10.6 Å². The van der Waals surface area contributed by atoms with Crippen LogP contribution >= 0.6 is 11.6 Å². The summed E-state index contributed by atoms with van der Waals surface area (Å²) in [6, 6.07) is 8.42. The van der Waals surface area contributed by atoms with Gasteiger partial charge in [-0.3, -0.25) is 4.79 Å². The Balaban J connectivity index is 2.42. The molecule has 3 N–H and O–H groups in total. The Morgan fingerprint density at radius 1 is 1.32 bits per heavy atom. The lowest BCUT2D eigenvalue weighted by Gasteiger charge is -2.19. The van der Waals surface area contributed by atoms with Crippen LogP contribution in [-0.4, -0.2) is 30.7 Å². The van der Waals surface area contributed by atoms with Crippen molar-refractivity contribution in [2.75, 3.05) is 18.4 Å². The van der Waals surface area contributed by atoms with E-state index in [0.29, 0.717) is 17.3 Å². The molecule has 0 aliphatic carbocycles. The van der Waals surface area contributed by atoms with Crippen molar-refractivity contribution in [2.24, 2.45) is 0 Å². The molecule has 0 aliphatic heterocycles. The van der Waals surface area contributed by atoms with E-state index >= 15 is 0 Å². The monoisotopic (exact) mass is 364 g/mol. The molecule has 134 valence electrons. The molecule has 0 atom stereocenters. The van der Waals surface area contributed by atoms with Crippen molar-refractivity contribution in [2.45, 2.75) is 26.4 Å². The quantitative estimate of drug-likeness (QED) is 0.409. The molecule has 0 unspecified atom stereocenters. The number of nitrogens with zero attached hydrogens (tertiary/aromatic N) is 1. The van der Waals surface area contributed by atoms with Crippen LogP contribution in [0.4, 0.5) is 10.5 Å². The molecule has 2 amide bonds. The van der Waals surface area contributed by atoms with Gasteiger partial charge in [0.05, 0.1) is 0 Å². The lowest BCUT2D eigenvalue weighted by Crippen LogP contribution is -2.35. The lowest BCUT2D eigenvalue weighted by atomic mass is 10.2. The molecule has 0 saturated carbocycles. The van der Waals surface area contributed by atoms with Crippen LogP contribution in [0.2, 0.25) is 5.02 Å². The smallest absolute Gasteiger partial charge is 0.407 e. The first kappa shape index (κ1) is 20.3. The van der Waals surface area contributed by atoms with Crippen LogP contribution in [0, 0.1) is 11.3 Å². The van der Waals surface area contributed by atoms with E-state index in [4.69, 9.17) is 21.6 Å². The van der Waals surface area contributed by atoms with Crippen LogP contribution in [-0.2, 0) is 9.53 Å². The fraction of sp³-hybridized carbons (Fsp3) is 0.353. The minimum absolute atomic E-state index is 0.0998. The maximum absolute atomic E-state index is 12.0. The first-order chi connectivity index (χ1) is 11.7. The second-order valence-corrected chi connectivity index (χ2v) is 6.45. The summed E-state index contributed by atoms with van der Waals surface area (Å²) in [5, 5.41) is 17.5. The van der Waals surface area contributed by atoms with Gasteiger partial charge >= 0.3 is 6.09 Å². The molecule has 0 aliphatic rings. The Bertz CT molecular complexity index is 690. The third-order valence-electron chi connectivity index (χ3n) is 2.63. The van der Waals surface area contributed by atoms with E-state index in [0.717, 1.165) is 0 Å². The molecule has 0 spiro atoms. The number of halogens is 1. The van der Waals surface area contributed by atoms with Gasteiger partial charge in [0, 0.05) is 30.0 Å². The number of carbonyl (C=O) groups is 2. The zero-order valence-electron chi connectivity index (χ0n) is 14.4. The topological polar surface area (TPSA) is 103 Å². The number of benzene rings is 1. The van der Waals surface area contributed by atoms with E-state index in [2.05, 4.69) is 16.0 Å². The highest BCUT2D eigenvalue weighted by molar-refractivity contribution is 6.31. The molecule has 0 fully saturated rings. The van der Waals surface area contributed by atoms with E-state index in [1.54, 1.807) is 45.0 Å². The summed E-state index contributed by atoms with van der Waals surface area (Å²) in [6.45, 7) is 5.91. The minimum atomic E-state index is -0.566. The summed E-state index contributed by atoms with van der Waals surface area (Å²) in [7, 11) is 0. The average molecular weight is 365 g/mol. The highest BCUT2D eigenvalue weighted by atomic mass is 35.5. The molecule has 0 heterocycles. The number of amides is 2. The molecule has 0 bridgehead atoms. The number of carbonyl (C=O) groups excluding carboxylic acids is 2. The van der Waals surface area contributed by atoms with Gasteiger partial charge in [-0.05, 0) is 39.0 Å². The number of anilines is 1. The maximum atomic E-state index is 12.0. The summed E-state index contributed by atoms with van der Waals surface area (Å²) in [4.78, 5) is 23.5. The van der Waals surface area contributed by atoms with Crippen LogP contribution in [0.5, 0.6) is 0 Å². The second kappa shape index (κ2) is 9.55. The molecule has 0 saturated heterocycles. The van der Waals surface area contributed by atoms with E-state index in [9.17, 15) is 9.59 Å². The van der Waals surface area contributed by atoms with Gasteiger partial charge in [-0.25, -0.2) is 4.79 Å². The number of nitrogens with one attached hydrogen (secondary N) is 3. The van der Waals surface area contributed by atoms with E-state index in [1.807, 2.05) is 6.07 Å². The highest BCUT2D eigenvalue weighted by Gasteiger charge is 2.15. The molecule has 25 heavy (non-hydrogen) atoms. The standard InChI is InChI=1S/C17H21ClN4O3/c1-17(2,3)25-16(24)21-8-7-20-11-12(10-19)15(23)22-14-6-4-5-13(18)9-14/h4-6,9,11,20H,7-8H2,1-3H3,(H,21,24)(H,22,23)/b12-11-. The van der Waals surface area contributed by atoms with Gasteiger partial charge in [0.1, 0.15) is 17.2 Å². The van der Waals surface area contributed by atoms with Crippen LogP contribution in [0.25, 0.3) is 0 Å². The molecule has 1 aromatic rings. The molecule has 8 heteroatoms. The van der Waals surface area contributed by atoms with Crippen LogP contribution in [0.15, 0.2) is 36.0 Å². The zero-order valence-corrected chi connectivity index (χ0v) is 15.1. The summed E-state index contributed by atoms with van der Waals surface area (Å²) in [5.41, 5.74) is -0.174. The van der Waals surface area contributed by atoms with Gasteiger partial charge in [-0.1, -0.05) is 17.7 Å². The Hall–Kier alpha value is -2.72. The molecule has 1 aromatic carbocycles. The van der Waals surface area contributed by atoms with Crippen LogP contribution in [0.1, 0.15) is 20.8 Å². The Morgan fingerprint density at radius 3 is 2.64 bits per heavy atom. The summed E-state index contributed by atoms with van der Waals surface area (Å²) >= 11 is 5.84. The summed E-state index contributed by atoms with van der Waals surface area (Å²) in [5.74, 6) is -0.558. The molecular weight excluding hydrogens is 344 g/mol. The van der Waals surface area contributed by atoms with Gasteiger partial charge < -0.3 is 20.7 Å². The van der Waals surface area contributed by atoms with Gasteiger partial charge in [-0.2, -0.15) is 5.26 Å². The normalized spacial score (nSPS) is 11.2. The maximum Gasteiger partial charge on any atom is 0.407 e. The molecule has 1 rings (SSSR count). The van der Waals surface area contributed by atoms with Crippen molar-refractivity contribution in [3.05, 3.63) is 41.1 Å². The Labute approximate surface area is 152 Å². The van der Waals surface area contributed by atoms with Crippen molar-refractivity contribution >= 4 is 29.3 Å². The number of alkyl carbamates (subject to hydrolysis) is 1. The minimum Gasteiger partial charge on any atom is -0.444 e. The molecule has 0 radical (unpaired) electrons. The number of ether oxygens (including phenoxy) is 1. The van der Waals surface area contributed by atoms with Crippen LogP contribution < -0.4 is 16.0 Å². The SMILES string of the molecule is CC(C)(C)OC(=O)NCCN/C=C(/C#N)C(=O)Nc1cccc(Cl)c1. The molecule has 0 aromatic heterocycles. The number of hydrogen-bond donors (Lipinski definition) is 3. The zero-order chi connectivity index (χ0) is 18.9. The van der Waals surface area contributed by atoms with Crippen molar-refractivity contribution in [3.63, 3.8) is 0 Å². The number of nitriles is 1. The van der Waals surface area contributed by atoms with Gasteiger partial charge in [-0.15, -0.1) is 0 Å². The lowest BCUT2D eigenvalue weighted by molar-refractivity contribution is -0.112. The van der Waals surface area contributed by atoms with E-state index in [1.165, 1.54) is 6.20 Å². The third kappa shape index (κ3) is 8.63. The number of rotatable bonds is 6. The Kier molecular flexibility index (Phi) is 7.76. The Morgan fingerprint density at radius 2 is 2.04 bits per heavy atom. The predicted octanol–water partition coefficient (Wildman–Crippen LogP) is 2.80. The first-order valence-electron chi connectivity index (χ1n) is 7.58. The van der Waals surface area contributed by atoms with Crippen molar-refractivity contribution in [3.8, 4) is 6.07 Å². The fourth-order valence-corrected chi connectivity index (χ4v) is 1.83.